The predicted octanol–water partition coefficient (Wildman–Crippen LogP) is 3.12. The molecule has 0 spiro atoms. The largest absolute Gasteiger partial charge is 0.346 e. The van der Waals surface area contributed by atoms with Crippen molar-refractivity contribution < 1.29 is 4.79 Å². The van der Waals surface area contributed by atoms with Crippen molar-refractivity contribution in [3.63, 3.8) is 0 Å². The molecule has 1 aliphatic heterocycles. The highest BCUT2D eigenvalue weighted by molar-refractivity contribution is 14.1. The third kappa shape index (κ3) is 4.99. The lowest BCUT2D eigenvalue weighted by molar-refractivity contribution is 0.0968. The van der Waals surface area contributed by atoms with E-state index in [2.05, 4.69) is 62.0 Å². The molecule has 1 aliphatic rings. The summed E-state index contributed by atoms with van der Waals surface area (Å²) < 4.78 is 0.924. The monoisotopic (exact) mass is 465 g/mol. The average Bonchev–Trinajstić information content (AvgIpc) is 2.63. The van der Waals surface area contributed by atoms with E-state index in [0.717, 1.165) is 36.3 Å². The van der Waals surface area contributed by atoms with Crippen molar-refractivity contribution in [2.75, 3.05) is 26.2 Å². The normalized spacial score (nSPS) is 15.0. The van der Waals surface area contributed by atoms with E-state index in [1.54, 1.807) is 0 Å². The number of thiocarbonyl (C=S) groups is 1. The van der Waals surface area contributed by atoms with Gasteiger partial charge in [-0.1, -0.05) is 42.5 Å². The lowest BCUT2D eigenvalue weighted by atomic mass is 10.2. The Morgan fingerprint density at radius 2 is 1.64 bits per heavy atom. The van der Waals surface area contributed by atoms with E-state index in [9.17, 15) is 4.79 Å². The van der Waals surface area contributed by atoms with Crippen LogP contribution in [-0.2, 0) is 6.54 Å². The zero-order chi connectivity index (χ0) is 17.6. The van der Waals surface area contributed by atoms with Gasteiger partial charge in [-0.25, -0.2) is 0 Å². The first kappa shape index (κ1) is 18.3. The van der Waals surface area contributed by atoms with E-state index >= 15 is 0 Å². The number of piperazine rings is 1. The van der Waals surface area contributed by atoms with Crippen LogP contribution in [0, 0.1) is 3.57 Å². The number of nitrogens with one attached hydrogen (secondary N) is 1. The van der Waals surface area contributed by atoms with Crippen molar-refractivity contribution in [2.24, 2.45) is 0 Å². The van der Waals surface area contributed by atoms with Gasteiger partial charge in [0, 0.05) is 36.3 Å². The van der Waals surface area contributed by atoms with E-state index in [1.807, 2.05) is 30.3 Å². The number of nitrogens with zero attached hydrogens (tertiary/aromatic N) is 2. The van der Waals surface area contributed by atoms with Crippen LogP contribution in [0.25, 0.3) is 0 Å². The molecular weight excluding hydrogens is 445 g/mol. The average molecular weight is 465 g/mol. The molecule has 0 bridgehead atoms. The lowest BCUT2D eigenvalue weighted by Crippen LogP contribution is -2.52. The molecule has 0 unspecified atom stereocenters. The highest BCUT2D eigenvalue weighted by Crippen LogP contribution is 2.12. The summed E-state index contributed by atoms with van der Waals surface area (Å²) in [6, 6.07) is 18.0. The topological polar surface area (TPSA) is 35.6 Å². The molecule has 6 heteroatoms. The predicted molar refractivity (Wildman–Crippen MR) is 113 cm³/mol. The van der Waals surface area contributed by atoms with Crippen molar-refractivity contribution in [1.29, 1.82) is 0 Å². The Bertz CT molecular complexity index is 745. The minimum atomic E-state index is -0.137. The Balaban J connectivity index is 1.50. The van der Waals surface area contributed by atoms with Gasteiger partial charge in [0.25, 0.3) is 5.91 Å². The number of amides is 1. The molecule has 2 aromatic carbocycles. The molecule has 3 rings (SSSR count). The highest BCUT2D eigenvalue weighted by Gasteiger charge is 2.21. The Hall–Kier alpha value is -1.51. The molecule has 0 radical (unpaired) electrons. The molecule has 0 aromatic heterocycles. The second-order valence-electron chi connectivity index (χ2n) is 5.99. The van der Waals surface area contributed by atoms with Gasteiger partial charge in [0.05, 0.1) is 5.56 Å². The lowest BCUT2D eigenvalue weighted by Gasteiger charge is -2.36. The molecule has 1 heterocycles. The first-order chi connectivity index (χ1) is 12.1. The van der Waals surface area contributed by atoms with Crippen LogP contribution in [0.4, 0.5) is 0 Å². The quantitative estimate of drug-likeness (QED) is 0.559. The van der Waals surface area contributed by atoms with Crippen LogP contribution in [0.5, 0.6) is 0 Å². The van der Waals surface area contributed by atoms with Gasteiger partial charge >= 0.3 is 0 Å². The summed E-state index contributed by atoms with van der Waals surface area (Å²) in [5.41, 5.74) is 1.98. The number of carbonyl (C=O) groups is 1. The number of halogens is 1. The fourth-order valence-corrected chi connectivity index (χ4v) is 3.75. The first-order valence-corrected chi connectivity index (χ1v) is 9.73. The minimum Gasteiger partial charge on any atom is -0.346 e. The standard InChI is InChI=1S/C19H20IN3OS/c20-17-9-5-4-8-16(17)18(24)21-19(25)23-12-10-22(11-13-23)14-15-6-2-1-3-7-15/h1-9H,10-14H2,(H,21,24,25). The minimum absolute atomic E-state index is 0.137. The Labute approximate surface area is 167 Å². The van der Waals surface area contributed by atoms with Crippen LogP contribution in [0.1, 0.15) is 15.9 Å². The van der Waals surface area contributed by atoms with Crippen LogP contribution in [0.15, 0.2) is 54.6 Å². The van der Waals surface area contributed by atoms with E-state index < -0.39 is 0 Å². The number of carbonyl (C=O) groups excluding carboxylic acids is 1. The smallest absolute Gasteiger partial charge is 0.258 e. The van der Waals surface area contributed by atoms with E-state index in [1.165, 1.54) is 5.56 Å². The van der Waals surface area contributed by atoms with Gasteiger partial charge < -0.3 is 4.90 Å². The van der Waals surface area contributed by atoms with Crippen LogP contribution >= 0.6 is 34.8 Å². The third-order valence-corrected chi connectivity index (χ3v) is 5.55. The van der Waals surface area contributed by atoms with Crippen molar-refractivity contribution in [1.82, 2.24) is 15.1 Å². The van der Waals surface area contributed by atoms with Gasteiger partial charge in [-0.2, -0.15) is 0 Å². The second kappa shape index (κ2) is 8.73. The molecule has 0 atom stereocenters. The zero-order valence-corrected chi connectivity index (χ0v) is 16.8. The maximum Gasteiger partial charge on any atom is 0.258 e. The Morgan fingerprint density at radius 3 is 2.32 bits per heavy atom. The zero-order valence-electron chi connectivity index (χ0n) is 13.8. The van der Waals surface area contributed by atoms with Gasteiger partial charge in [-0.05, 0) is 52.5 Å². The molecule has 1 amide bonds. The summed E-state index contributed by atoms with van der Waals surface area (Å²) in [4.78, 5) is 16.9. The van der Waals surface area contributed by atoms with Crippen LogP contribution in [0.3, 0.4) is 0 Å². The highest BCUT2D eigenvalue weighted by atomic mass is 127. The molecule has 4 nitrogen and oxygen atoms in total. The van der Waals surface area contributed by atoms with E-state index in [0.29, 0.717) is 10.7 Å². The number of benzene rings is 2. The maximum atomic E-state index is 12.4. The molecule has 0 aliphatic carbocycles. The number of hydrogen-bond donors (Lipinski definition) is 1. The van der Waals surface area contributed by atoms with Crippen molar-refractivity contribution >= 4 is 45.8 Å². The van der Waals surface area contributed by atoms with Crippen LogP contribution in [-0.4, -0.2) is 47.0 Å². The molecule has 1 saturated heterocycles. The summed E-state index contributed by atoms with van der Waals surface area (Å²) in [6.07, 6.45) is 0. The van der Waals surface area contributed by atoms with Gasteiger partial charge in [0.2, 0.25) is 0 Å². The summed E-state index contributed by atoms with van der Waals surface area (Å²) in [5.74, 6) is -0.137. The van der Waals surface area contributed by atoms with Gasteiger partial charge in [0.1, 0.15) is 0 Å². The summed E-state index contributed by atoms with van der Waals surface area (Å²) in [5, 5.41) is 3.38. The Kier molecular flexibility index (Phi) is 6.39. The van der Waals surface area contributed by atoms with Crippen LogP contribution < -0.4 is 5.32 Å². The number of rotatable bonds is 3. The van der Waals surface area contributed by atoms with Gasteiger partial charge in [0.15, 0.2) is 5.11 Å². The van der Waals surface area contributed by atoms with Gasteiger partial charge in [-0.3, -0.25) is 15.0 Å². The Morgan fingerprint density at radius 1 is 1.00 bits per heavy atom. The SMILES string of the molecule is O=C(NC(=S)N1CCN(Cc2ccccc2)CC1)c1ccccc1I. The van der Waals surface area contributed by atoms with Crippen molar-refractivity contribution in [3.8, 4) is 0 Å². The molecule has 2 aromatic rings. The molecular formula is C19H20IN3OS. The second-order valence-corrected chi connectivity index (χ2v) is 7.54. The maximum absolute atomic E-state index is 12.4. The number of hydrogen-bond acceptors (Lipinski definition) is 3. The molecule has 0 saturated carbocycles. The van der Waals surface area contributed by atoms with Crippen LogP contribution in [0.2, 0.25) is 0 Å². The molecule has 1 fully saturated rings. The molecule has 130 valence electrons. The fourth-order valence-electron chi connectivity index (χ4n) is 2.84. The van der Waals surface area contributed by atoms with Gasteiger partial charge in [-0.15, -0.1) is 0 Å². The van der Waals surface area contributed by atoms with E-state index in [-0.39, 0.29) is 5.91 Å². The molecule has 1 N–H and O–H groups in total. The van der Waals surface area contributed by atoms with Crippen molar-refractivity contribution in [3.05, 3.63) is 69.3 Å². The summed E-state index contributed by atoms with van der Waals surface area (Å²) in [6.45, 7) is 4.49. The van der Waals surface area contributed by atoms with E-state index in [4.69, 9.17) is 12.2 Å². The summed E-state index contributed by atoms with van der Waals surface area (Å²) >= 11 is 7.60. The molecule has 25 heavy (non-hydrogen) atoms. The third-order valence-electron chi connectivity index (χ3n) is 4.25. The first-order valence-electron chi connectivity index (χ1n) is 8.24. The fraction of sp³-hybridized carbons (Fsp3) is 0.263. The summed E-state index contributed by atoms with van der Waals surface area (Å²) in [7, 11) is 0. The van der Waals surface area contributed by atoms with Crippen molar-refractivity contribution in [2.45, 2.75) is 6.54 Å².